The zero-order valence-electron chi connectivity index (χ0n) is 7.91. The van der Waals surface area contributed by atoms with Crippen molar-refractivity contribution >= 4 is 5.52 Å². The first-order valence-corrected chi connectivity index (χ1v) is 4.37. The Morgan fingerprint density at radius 2 is 2.15 bits per heavy atom. The van der Waals surface area contributed by atoms with Gasteiger partial charge in [0.15, 0.2) is 0 Å². The quantitative estimate of drug-likeness (QED) is 0.712. The fourth-order valence-corrected chi connectivity index (χ4v) is 1.49. The number of aromatic nitrogens is 2. The molecule has 0 unspecified atom stereocenters. The van der Waals surface area contributed by atoms with Crippen LogP contribution in [-0.2, 0) is 6.54 Å². The van der Waals surface area contributed by atoms with Crippen LogP contribution in [0.4, 0.5) is 0 Å². The Morgan fingerprint density at radius 3 is 2.85 bits per heavy atom. The van der Waals surface area contributed by atoms with Gasteiger partial charge in [-0.3, -0.25) is 0 Å². The van der Waals surface area contributed by atoms with Crippen LogP contribution < -0.4 is 5.73 Å². The van der Waals surface area contributed by atoms with Gasteiger partial charge in [0.25, 0.3) is 0 Å². The van der Waals surface area contributed by atoms with Gasteiger partial charge in [-0.25, -0.2) is 4.52 Å². The summed E-state index contributed by atoms with van der Waals surface area (Å²) in [5.41, 5.74) is 10.2. The Kier molecular flexibility index (Phi) is 1.81. The minimum atomic E-state index is 0.548. The number of pyridine rings is 1. The van der Waals surface area contributed by atoms with Gasteiger partial charge in [0.05, 0.1) is 11.7 Å². The molecule has 0 spiro atoms. The van der Waals surface area contributed by atoms with E-state index in [-0.39, 0.29) is 0 Å². The molecule has 0 aliphatic rings. The van der Waals surface area contributed by atoms with Crippen molar-refractivity contribution in [1.82, 2.24) is 9.61 Å². The molecular weight excluding hydrogens is 162 g/mol. The van der Waals surface area contributed by atoms with Crippen LogP contribution in [0.25, 0.3) is 5.52 Å². The Bertz CT molecular complexity index is 443. The lowest BCUT2D eigenvalue weighted by Crippen LogP contribution is -1.98. The van der Waals surface area contributed by atoms with Gasteiger partial charge in [-0.2, -0.15) is 5.10 Å². The molecule has 0 radical (unpaired) electrons. The standard InChI is InChI=1S/C10H13N3/c1-7-3-4-10-9(5-11)6-12-13(10)8(7)2/h3-4,6H,5,11H2,1-2H3. The molecule has 0 saturated heterocycles. The topological polar surface area (TPSA) is 43.3 Å². The minimum Gasteiger partial charge on any atom is -0.326 e. The maximum Gasteiger partial charge on any atom is 0.0709 e. The van der Waals surface area contributed by atoms with E-state index < -0.39 is 0 Å². The van der Waals surface area contributed by atoms with Gasteiger partial charge in [0.1, 0.15) is 0 Å². The smallest absolute Gasteiger partial charge is 0.0709 e. The highest BCUT2D eigenvalue weighted by Crippen LogP contribution is 2.14. The molecule has 2 rings (SSSR count). The van der Waals surface area contributed by atoms with Crippen molar-refractivity contribution in [3.05, 3.63) is 35.2 Å². The van der Waals surface area contributed by atoms with E-state index in [2.05, 4.69) is 31.1 Å². The number of nitrogens with two attached hydrogens (primary N) is 1. The van der Waals surface area contributed by atoms with Gasteiger partial charge in [-0.1, -0.05) is 6.07 Å². The van der Waals surface area contributed by atoms with Crippen molar-refractivity contribution < 1.29 is 0 Å². The summed E-state index contributed by atoms with van der Waals surface area (Å²) in [7, 11) is 0. The number of fused-ring (bicyclic) bond motifs is 1. The van der Waals surface area contributed by atoms with Crippen LogP contribution in [-0.4, -0.2) is 9.61 Å². The molecule has 0 aliphatic heterocycles. The van der Waals surface area contributed by atoms with E-state index in [0.29, 0.717) is 6.54 Å². The van der Waals surface area contributed by atoms with Crippen molar-refractivity contribution in [3.8, 4) is 0 Å². The highest BCUT2D eigenvalue weighted by Gasteiger charge is 2.04. The third-order valence-electron chi connectivity index (χ3n) is 2.49. The molecule has 0 aliphatic carbocycles. The number of aryl methyl sites for hydroxylation is 2. The second-order valence-electron chi connectivity index (χ2n) is 3.27. The summed E-state index contributed by atoms with van der Waals surface area (Å²) in [5.74, 6) is 0. The molecule has 0 atom stereocenters. The van der Waals surface area contributed by atoms with Gasteiger partial charge in [-0.15, -0.1) is 0 Å². The van der Waals surface area contributed by atoms with Crippen LogP contribution in [0, 0.1) is 13.8 Å². The summed E-state index contributed by atoms with van der Waals surface area (Å²) in [6.45, 7) is 4.69. The number of hydrogen-bond donors (Lipinski definition) is 1. The summed E-state index contributed by atoms with van der Waals surface area (Å²) in [6.07, 6.45) is 1.84. The van der Waals surface area contributed by atoms with Crippen molar-refractivity contribution in [2.24, 2.45) is 5.73 Å². The fourth-order valence-electron chi connectivity index (χ4n) is 1.49. The average molecular weight is 175 g/mol. The highest BCUT2D eigenvalue weighted by atomic mass is 15.2. The predicted octanol–water partition coefficient (Wildman–Crippen LogP) is 1.41. The van der Waals surface area contributed by atoms with E-state index >= 15 is 0 Å². The summed E-state index contributed by atoms with van der Waals surface area (Å²) in [6, 6.07) is 4.17. The van der Waals surface area contributed by atoms with Crippen molar-refractivity contribution in [2.45, 2.75) is 20.4 Å². The zero-order valence-corrected chi connectivity index (χ0v) is 7.91. The summed E-state index contributed by atoms with van der Waals surface area (Å²) in [5, 5.41) is 4.29. The molecular formula is C10H13N3. The fraction of sp³-hybridized carbons (Fsp3) is 0.300. The molecule has 0 saturated carbocycles. The third kappa shape index (κ3) is 1.12. The van der Waals surface area contributed by atoms with Crippen molar-refractivity contribution in [3.63, 3.8) is 0 Å². The van der Waals surface area contributed by atoms with E-state index in [1.165, 1.54) is 11.3 Å². The molecule has 2 N–H and O–H groups in total. The maximum absolute atomic E-state index is 5.60. The maximum atomic E-state index is 5.60. The molecule has 68 valence electrons. The average Bonchev–Trinajstić information content (AvgIpc) is 2.55. The van der Waals surface area contributed by atoms with E-state index in [0.717, 1.165) is 11.1 Å². The lowest BCUT2D eigenvalue weighted by molar-refractivity contribution is 0.902. The van der Waals surface area contributed by atoms with Crippen molar-refractivity contribution in [1.29, 1.82) is 0 Å². The van der Waals surface area contributed by atoms with Gasteiger partial charge < -0.3 is 5.73 Å². The van der Waals surface area contributed by atoms with Gasteiger partial charge in [0.2, 0.25) is 0 Å². The molecule has 0 aromatic carbocycles. The Balaban J connectivity index is 2.81. The lowest BCUT2D eigenvalue weighted by Gasteiger charge is -2.03. The van der Waals surface area contributed by atoms with Crippen LogP contribution in [0.3, 0.4) is 0 Å². The van der Waals surface area contributed by atoms with Crippen LogP contribution in [0.2, 0.25) is 0 Å². The summed E-state index contributed by atoms with van der Waals surface area (Å²) in [4.78, 5) is 0. The SMILES string of the molecule is Cc1ccc2c(CN)cnn2c1C. The van der Waals surface area contributed by atoms with Crippen LogP contribution in [0.5, 0.6) is 0 Å². The lowest BCUT2D eigenvalue weighted by atomic mass is 10.2. The zero-order chi connectivity index (χ0) is 9.42. The second-order valence-corrected chi connectivity index (χ2v) is 3.27. The Morgan fingerprint density at radius 1 is 1.38 bits per heavy atom. The predicted molar refractivity (Wildman–Crippen MR) is 52.6 cm³/mol. The number of rotatable bonds is 1. The van der Waals surface area contributed by atoms with Gasteiger partial charge >= 0.3 is 0 Å². The first-order chi connectivity index (χ1) is 6.24. The number of nitrogens with zero attached hydrogens (tertiary/aromatic N) is 2. The summed E-state index contributed by atoms with van der Waals surface area (Å²) < 4.78 is 1.94. The van der Waals surface area contributed by atoms with E-state index in [9.17, 15) is 0 Å². The third-order valence-corrected chi connectivity index (χ3v) is 2.49. The monoisotopic (exact) mass is 175 g/mol. The van der Waals surface area contributed by atoms with Crippen LogP contribution in [0.1, 0.15) is 16.8 Å². The van der Waals surface area contributed by atoms with E-state index in [1.807, 2.05) is 10.7 Å². The molecule has 2 aromatic heterocycles. The first kappa shape index (κ1) is 8.26. The van der Waals surface area contributed by atoms with Gasteiger partial charge in [-0.05, 0) is 25.5 Å². The van der Waals surface area contributed by atoms with Crippen molar-refractivity contribution in [2.75, 3.05) is 0 Å². The molecule has 13 heavy (non-hydrogen) atoms. The molecule has 0 fully saturated rings. The van der Waals surface area contributed by atoms with Gasteiger partial charge in [0, 0.05) is 17.8 Å². The molecule has 0 bridgehead atoms. The molecule has 3 heteroatoms. The first-order valence-electron chi connectivity index (χ1n) is 4.37. The summed E-state index contributed by atoms with van der Waals surface area (Å²) >= 11 is 0. The van der Waals surface area contributed by atoms with Crippen LogP contribution in [0.15, 0.2) is 18.3 Å². The Hall–Kier alpha value is -1.35. The molecule has 3 nitrogen and oxygen atoms in total. The number of hydrogen-bond acceptors (Lipinski definition) is 2. The van der Waals surface area contributed by atoms with E-state index in [1.54, 1.807) is 0 Å². The largest absolute Gasteiger partial charge is 0.326 e. The molecule has 2 aromatic rings. The molecule has 2 heterocycles. The normalized spacial score (nSPS) is 11.0. The highest BCUT2D eigenvalue weighted by molar-refractivity contribution is 5.55. The Labute approximate surface area is 77.2 Å². The second kappa shape index (κ2) is 2.85. The van der Waals surface area contributed by atoms with Crippen LogP contribution >= 0.6 is 0 Å². The molecule has 0 amide bonds. The minimum absolute atomic E-state index is 0.548. The van der Waals surface area contributed by atoms with E-state index in [4.69, 9.17) is 5.73 Å².